The van der Waals surface area contributed by atoms with Crippen molar-refractivity contribution < 1.29 is 18.7 Å². The van der Waals surface area contributed by atoms with Gasteiger partial charge in [0.2, 0.25) is 11.2 Å². The minimum atomic E-state index is -0.483. The number of benzene rings is 4. The summed E-state index contributed by atoms with van der Waals surface area (Å²) in [7, 11) is 0. The SMILES string of the molecule is Cc1ccc(C)c(Oc2coc3cc(OC(=O)c4cccc5ccccc45)ccc3c2=O)c1. The molecule has 0 bridgehead atoms. The van der Waals surface area contributed by atoms with E-state index >= 15 is 0 Å². The van der Waals surface area contributed by atoms with E-state index in [1.165, 1.54) is 12.3 Å². The second-order valence-corrected chi connectivity index (χ2v) is 7.87. The summed E-state index contributed by atoms with van der Waals surface area (Å²) in [4.78, 5) is 25.8. The molecule has 0 unspecified atom stereocenters. The Bertz CT molecular complexity index is 1570. The lowest BCUT2D eigenvalue weighted by Crippen LogP contribution is -2.10. The van der Waals surface area contributed by atoms with Gasteiger partial charge >= 0.3 is 5.97 Å². The third-order valence-electron chi connectivity index (χ3n) is 5.50. The van der Waals surface area contributed by atoms with E-state index in [0.717, 1.165) is 21.9 Å². The van der Waals surface area contributed by atoms with E-state index in [1.807, 2.05) is 68.4 Å². The molecule has 0 radical (unpaired) electrons. The minimum absolute atomic E-state index is 0.0942. The average molecular weight is 436 g/mol. The van der Waals surface area contributed by atoms with E-state index in [0.29, 0.717) is 22.3 Å². The Kier molecular flexibility index (Phi) is 5.15. The zero-order valence-corrected chi connectivity index (χ0v) is 18.1. The number of ether oxygens (including phenoxy) is 2. The van der Waals surface area contributed by atoms with Crippen LogP contribution in [0.1, 0.15) is 21.5 Å². The highest BCUT2D eigenvalue weighted by Crippen LogP contribution is 2.27. The molecule has 0 saturated carbocycles. The first-order chi connectivity index (χ1) is 16.0. The van der Waals surface area contributed by atoms with Crippen LogP contribution in [0.5, 0.6) is 17.2 Å². The van der Waals surface area contributed by atoms with Crippen molar-refractivity contribution in [2.75, 3.05) is 0 Å². The number of rotatable bonds is 4. The van der Waals surface area contributed by atoms with Gasteiger partial charge in [0.25, 0.3) is 0 Å². The Labute approximate surface area is 189 Å². The van der Waals surface area contributed by atoms with Crippen LogP contribution in [0.3, 0.4) is 0 Å². The first kappa shape index (κ1) is 20.5. The highest BCUT2D eigenvalue weighted by Gasteiger charge is 2.15. The van der Waals surface area contributed by atoms with Crippen molar-refractivity contribution in [3.05, 3.63) is 112 Å². The molecule has 0 amide bonds. The Hall–Kier alpha value is -4.38. The Morgan fingerprint density at radius 2 is 1.64 bits per heavy atom. The van der Waals surface area contributed by atoms with Gasteiger partial charge in [-0.3, -0.25) is 4.79 Å². The summed E-state index contributed by atoms with van der Waals surface area (Å²) in [6.45, 7) is 3.87. The fourth-order valence-electron chi connectivity index (χ4n) is 3.73. The van der Waals surface area contributed by atoms with Crippen LogP contribution in [0.4, 0.5) is 0 Å². The van der Waals surface area contributed by atoms with Crippen molar-refractivity contribution in [2.24, 2.45) is 0 Å². The predicted octanol–water partition coefficient (Wildman–Crippen LogP) is 6.57. The van der Waals surface area contributed by atoms with Crippen LogP contribution in [0.15, 0.2) is 94.3 Å². The summed E-state index contributed by atoms with van der Waals surface area (Å²) in [5.41, 5.74) is 2.40. The quantitative estimate of drug-likeness (QED) is 0.235. The number of esters is 1. The van der Waals surface area contributed by atoms with E-state index in [4.69, 9.17) is 13.9 Å². The average Bonchev–Trinajstić information content (AvgIpc) is 2.82. The molecule has 5 nitrogen and oxygen atoms in total. The Morgan fingerprint density at radius 3 is 2.52 bits per heavy atom. The largest absolute Gasteiger partial charge is 0.460 e. The molecule has 1 heterocycles. The lowest BCUT2D eigenvalue weighted by atomic mass is 10.0. The molecule has 0 aliphatic carbocycles. The summed E-state index contributed by atoms with van der Waals surface area (Å²) < 4.78 is 17.1. The van der Waals surface area contributed by atoms with Crippen molar-refractivity contribution in [3.8, 4) is 17.2 Å². The number of hydrogen-bond acceptors (Lipinski definition) is 5. The van der Waals surface area contributed by atoms with Crippen molar-refractivity contribution >= 4 is 27.7 Å². The molecule has 0 fully saturated rings. The van der Waals surface area contributed by atoms with Crippen LogP contribution in [0.25, 0.3) is 21.7 Å². The lowest BCUT2D eigenvalue weighted by Gasteiger charge is -2.10. The molecule has 4 aromatic carbocycles. The van der Waals surface area contributed by atoms with E-state index in [2.05, 4.69) is 0 Å². The van der Waals surface area contributed by atoms with Crippen molar-refractivity contribution in [1.29, 1.82) is 0 Å². The molecule has 0 saturated heterocycles. The van der Waals surface area contributed by atoms with Crippen molar-refractivity contribution in [2.45, 2.75) is 13.8 Å². The standard InChI is InChI=1S/C28H20O5/c1-17-10-11-18(2)24(14-17)33-26-16-31-25-15-20(12-13-23(25)27(26)29)32-28(30)22-9-5-7-19-6-3-4-8-21(19)22/h3-16H,1-2H3. The van der Waals surface area contributed by atoms with Gasteiger partial charge in [-0.05, 0) is 60.0 Å². The highest BCUT2D eigenvalue weighted by molar-refractivity contribution is 6.05. The molecule has 0 atom stereocenters. The number of aryl methyl sites for hydroxylation is 2. The Balaban J connectivity index is 1.44. The molecule has 33 heavy (non-hydrogen) atoms. The van der Waals surface area contributed by atoms with E-state index in [-0.39, 0.29) is 16.9 Å². The first-order valence-electron chi connectivity index (χ1n) is 10.5. The van der Waals surface area contributed by atoms with Crippen LogP contribution in [-0.2, 0) is 0 Å². The zero-order valence-electron chi connectivity index (χ0n) is 18.1. The fraction of sp³-hybridized carbons (Fsp3) is 0.0714. The van der Waals surface area contributed by atoms with Gasteiger partial charge in [-0.2, -0.15) is 0 Å². The number of fused-ring (bicyclic) bond motifs is 2. The summed E-state index contributed by atoms with van der Waals surface area (Å²) in [6.07, 6.45) is 1.28. The topological polar surface area (TPSA) is 65.7 Å². The number of carbonyl (C=O) groups is 1. The predicted molar refractivity (Wildman–Crippen MR) is 127 cm³/mol. The second kappa shape index (κ2) is 8.28. The van der Waals surface area contributed by atoms with Crippen LogP contribution in [0, 0.1) is 13.8 Å². The number of hydrogen-bond donors (Lipinski definition) is 0. The summed E-state index contributed by atoms with van der Waals surface area (Å²) in [5, 5.41) is 2.10. The van der Waals surface area contributed by atoms with Crippen LogP contribution in [0.2, 0.25) is 0 Å². The van der Waals surface area contributed by atoms with E-state index in [9.17, 15) is 9.59 Å². The van der Waals surface area contributed by atoms with Gasteiger partial charge in [0.15, 0.2) is 0 Å². The molecule has 0 aliphatic rings. The van der Waals surface area contributed by atoms with Gasteiger partial charge in [0.1, 0.15) is 23.3 Å². The van der Waals surface area contributed by atoms with Crippen LogP contribution >= 0.6 is 0 Å². The van der Waals surface area contributed by atoms with E-state index in [1.54, 1.807) is 18.2 Å². The molecule has 5 rings (SSSR count). The molecule has 0 spiro atoms. The zero-order chi connectivity index (χ0) is 22.9. The van der Waals surface area contributed by atoms with Crippen LogP contribution in [-0.4, -0.2) is 5.97 Å². The molecule has 0 N–H and O–H groups in total. The lowest BCUT2D eigenvalue weighted by molar-refractivity contribution is 0.0737. The Morgan fingerprint density at radius 1 is 0.818 bits per heavy atom. The summed E-state index contributed by atoms with van der Waals surface area (Å²) >= 11 is 0. The smallest absolute Gasteiger partial charge is 0.344 e. The number of carbonyl (C=O) groups excluding carboxylic acids is 1. The maximum absolute atomic E-state index is 12.9. The van der Waals surface area contributed by atoms with Crippen molar-refractivity contribution in [3.63, 3.8) is 0 Å². The normalized spacial score (nSPS) is 11.0. The monoisotopic (exact) mass is 436 g/mol. The molecule has 1 aromatic heterocycles. The summed E-state index contributed by atoms with van der Waals surface area (Å²) in [6, 6.07) is 23.5. The summed E-state index contributed by atoms with van der Waals surface area (Å²) in [5.74, 6) is 0.495. The molecule has 5 heteroatoms. The molecule has 0 aliphatic heterocycles. The molecule has 5 aromatic rings. The van der Waals surface area contributed by atoms with Crippen LogP contribution < -0.4 is 14.9 Å². The van der Waals surface area contributed by atoms with E-state index < -0.39 is 5.97 Å². The van der Waals surface area contributed by atoms with Gasteiger partial charge in [-0.25, -0.2) is 4.79 Å². The van der Waals surface area contributed by atoms with Gasteiger partial charge in [-0.1, -0.05) is 48.5 Å². The third-order valence-corrected chi connectivity index (χ3v) is 5.50. The maximum Gasteiger partial charge on any atom is 0.344 e. The minimum Gasteiger partial charge on any atom is -0.460 e. The molecular formula is C28H20O5. The van der Waals surface area contributed by atoms with Gasteiger partial charge in [0.05, 0.1) is 10.9 Å². The third kappa shape index (κ3) is 3.96. The first-order valence-corrected chi connectivity index (χ1v) is 10.5. The second-order valence-electron chi connectivity index (χ2n) is 7.87. The highest BCUT2D eigenvalue weighted by atomic mass is 16.5. The van der Waals surface area contributed by atoms with Gasteiger partial charge in [0, 0.05) is 6.07 Å². The van der Waals surface area contributed by atoms with Gasteiger partial charge in [-0.15, -0.1) is 0 Å². The molecular weight excluding hydrogens is 416 g/mol. The van der Waals surface area contributed by atoms with Crippen molar-refractivity contribution in [1.82, 2.24) is 0 Å². The maximum atomic E-state index is 12.9. The fourth-order valence-corrected chi connectivity index (χ4v) is 3.73. The van der Waals surface area contributed by atoms with Gasteiger partial charge < -0.3 is 13.9 Å². The molecule has 162 valence electrons.